The number of hydrogen-bond donors (Lipinski definition) is 2. The number of anilines is 1. The maximum Gasteiger partial charge on any atom is 0.256 e. The fourth-order valence-corrected chi connectivity index (χ4v) is 2.36. The van der Waals surface area contributed by atoms with E-state index in [9.17, 15) is 18.0 Å². The largest absolute Gasteiger partial charge is 0.319 e. The lowest BCUT2D eigenvalue weighted by molar-refractivity contribution is 0.102. The van der Waals surface area contributed by atoms with Crippen LogP contribution in [0.25, 0.3) is 0 Å². The van der Waals surface area contributed by atoms with Crippen molar-refractivity contribution in [1.82, 2.24) is 0 Å². The van der Waals surface area contributed by atoms with Crippen LogP contribution < -0.4 is 5.32 Å². The summed E-state index contributed by atoms with van der Waals surface area (Å²) in [4.78, 5) is 12.3. The molecule has 0 radical (unpaired) electrons. The molecule has 2 nitrogen and oxygen atoms in total. The quantitative estimate of drug-likeness (QED) is 0.602. The predicted molar refractivity (Wildman–Crippen MR) is 75.7 cm³/mol. The molecular weight excluding hydrogens is 355 g/mol. The maximum absolute atomic E-state index is 13.4. The number of amides is 1. The Morgan fingerprint density at radius 3 is 2.35 bits per heavy atom. The fraction of sp³-hybridized carbons (Fsp3) is 0. The first-order valence-electron chi connectivity index (χ1n) is 5.33. The Balaban J connectivity index is 2.30. The van der Waals surface area contributed by atoms with E-state index < -0.39 is 29.0 Å². The van der Waals surface area contributed by atoms with Gasteiger partial charge in [0.25, 0.3) is 5.91 Å². The molecule has 0 atom stereocenters. The summed E-state index contributed by atoms with van der Waals surface area (Å²) in [5.41, 5.74) is -0.259. The van der Waals surface area contributed by atoms with Gasteiger partial charge in [-0.15, -0.1) is 12.6 Å². The summed E-state index contributed by atoms with van der Waals surface area (Å²) >= 11 is 7.33. The molecule has 2 rings (SSSR count). The van der Waals surface area contributed by atoms with Crippen molar-refractivity contribution in [2.24, 2.45) is 0 Å². The third-order valence-corrected chi connectivity index (χ3v) is 3.33. The van der Waals surface area contributed by atoms with Gasteiger partial charge in [0.15, 0.2) is 11.6 Å². The average Bonchev–Trinajstić information content (AvgIpc) is 2.35. The van der Waals surface area contributed by atoms with Crippen LogP contribution in [-0.4, -0.2) is 5.91 Å². The van der Waals surface area contributed by atoms with E-state index in [1.54, 1.807) is 12.1 Å². The van der Waals surface area contributed by atoms with Crippen molar-refractivity contribution in [3.8, 4) is 0 Å². The standard InChI is InChI=1S/C13H7BrF3NOS/c14-6-1-2-7(12(20)3-6)13(19)18-11-5-9(16)8(15)4-10(11)17/h1-5,20H,(H,18,19). The highest BCUT2D eigenvalue weighted by atomic mass is 79.9. The zero-order valence-corrected chi connectivity index (χ0v) is 12.2. The van der Waals surface area contributed by atoms with Gasteiger partial charge in [-0.05, 0) is 18.2 Å². The summed E-state index contributed by atoms with van der Waals surface area (Å²) in [6.07, 6.45) is 0. The van der Waals surface area contributed by atoms with Crippen molar-refractivity contribution < 1.29 is 18.0 Å². The lowest BCUT2D eigenvalue weighted by atomic mass is 10.2. The van der Waals surface area contributed by atoms with Crippen LogP contribution in [0, 0.1) is 17.5 Å². The molecule has 1 N–H and O–H groups in total. The van der Waals surface area contributed by atoms with Crippen molar-refractivity contribution in [3.05, 3.63) is 57.8 Å². The molecule has 1 amide bonds. The van der Waals surface area contributed by atoms with Crippen LogP contribution in [-0.2, 0) is 0 Å². The first kappa shape index (κ1) is 14.9. The Kier molecular flexibility index (Phi) is 4.39. The number of benzene rings is 2. The lowest BCUT2D eigenvalue weighted by Gasteiger charge is -2.09. The molecule has 0 saturated carbocycles. The third kappa shape index (κ3) is 3.16. The Bertz CT molecular complexity index is 694. The number of carbonyl (C=O) groups is 1. The van der Waals surface area contributed by atoms with Crippen LogP contribution in [0.4, 0.5) is 18.9 Å². The molecule has 0 aliphatic heterocycles. The highest BCUT2D eigenvalue weighted by molar-refractivity contribution is 9.10. The van der Waals surface area contributed by atoms with Crippen molar-refractivity contribution in [3.63, 3.8) is 0 Å². The first-order chi connectivity index (χ1) is 9.38. The van der Waals surface area contributed by atoms with Gasteiger partial charge in [-0.3, -0.25) is 4.79 Å². The Morgan fingerprint density at radius 1 is 1.05 bits per heavy atom. The lowest BCUT2D eigenvalue weighted by Crippen LogP contribution is -2.14. The molecule has 0 heterocycles. The second-order valence-corrected chi connectivity index (χ2v) is 5.26. The first-order valence-corrected chi connectivity index (χ1v) is 6.57. The molecule has 7 heteroatoms. The topological polar surface area (TPSA) is 29.1 Å². The van der Waals surface area contributed by atoms with E-state index in [0.717, 1.165) is 4.47 Å². The molecule has 0 aliphatic carbocycles. The van der Waals surface area contributed by atoms with Crippen molar-refractivity contribution in [2.45, 2.75) is 4.90 Å². The Labute approximate surface area is 126 Å². The zero-order valence-electron chi connectivity index (χ0n) is 9.75. The van der Waals surface area contributed by atoms with Crippen LogP contribution in [0.1, 0.15) is 10.4 Å². The van der Waals surface area contributed by atoms with E-state index in [1.165, 1.54) is 6.07 Å². The summed E-state index contributed by atoms with van der Waals surface area (Å²) in [7, 11) is 0. The van der Waals surface area contributed by atoms with E-state index in [2.05, 4.69) is 33.9 Å². The van der Waals surface area contributed by atoms with E-state index in [0.29, 0.717) is 17.0 Å². The van der Waals surface area contributed by atoms with Gasteiger partial charge in [0.05, 0.1) is 11.3 Å². The highest BCUT2D eigenvalue weighted by Crippen LogP contribution is 2.23. The van der Waals surface area contributed by atoms with Gasteiger partial charge in [-0.1, -0.05) is 15.9 Å². The molecule has 0 spiro atoms. The minimum Gasteiger partial charge on any atom is -0.319 e. The number of hydrogen-bond acceptors (Lipinski definition) is 2. The van der Waals surface area contributed by atoms with E-state index in [4.69, 9.17) is 0 Å². The van der Waals surface area contributed by atoms with Gasteiger partial charge in [-0.25, -0.2) is 13.2 Å². The van der Waals surface area contributed by atoms with Gasteiger partial charge in [0.2, 0.25) is 0 Å². The molecular formula is C13H7BrF3NOS. The van der Waals surface area contributed by atoms with Crippen molar-refractivity contribution in [1.29, 1.82) is 0 Å². The third-order valence-electron chi connectivity index (χ3n) is 2.46. The summed E-state index contributed by atoms with van der Waals surface area (Å²) < 4.78 is 40.0. The fourth-order valence-electron chi connectivity index (χ4n) is 1.50. The minimum atomic E-state index is -1.32. The van der Waals surface area contributed by atoms with Gasteiger partial charge in [0.1, 0.15) is 5.82 Å². The maximum atomic E-state index is 13.4. The highest BCUT2D eigenvalue weighted by Gasteiger charge is 2.15. The van der Waals surface area contributed by atoms with Gasteiger partial charge < -0.3 is 5.32 Å². The second-order valence-electron chi connectivity index (χ2n) is 3.86. The zero-order chi connectivity index (χ0) is 14.9. The number of halogens is 4. The molecule has 0 saturated heterocycles. The summed E-state index contributed by atoms with van der Waals surface area (Å²) in [5.74, 6) is -4.30. The van der Waals surface area contributed by atoms with E-state index in [1.807, 2.05) is 0 Å². The summed E-state index contributed by atoms with van der Waals surface area (Å²) in [6.45, 7) is 0. The second kappa shape index (κ2) is 5.88. The van der Waals surface area contributed by atoms with E-state index >= 15 is 0 Å². The SMILES string of the molecule is O=C(Nc1cc(F)c(F)cc1F)c1ccc(Br)cc1S. The normalized spacial score (nSPS) is 10.4. The van der Waals surface area contributed by atoms with Gasteiger partial charge in [-0.2, -0.15) is 0 Å². The van der Waals surface area contributed by atoms with Crippen LogP contribution in [0.15, 0.2) is 39.7 Å². The number of carbonyl (C=O) groups excluding carboxylic acids is 1. The molecule has 2 aromatic rings. The summed E-state index contributed by atoms with van der Waals surface area (Å²) in [6, 6.07) is 5.61. The molecule has 0 aliphatic rings. The molecule has 0 fully saturated rings. The number of rotatable bonds is 2. The molecule has 2 aromatic carbocycles. The molecule has 104 valence electrons. The molecule has 0 bridgehead atoms. The Morgan fingerprint density at radius 2 is 1.70 bits per heavy atom. The van der Waals surface area contributed by atoms with E-state index in [-0.39, 0.29) is 5.56 Å². The minimum absolute atomic E-state index is 0.181. The monoisotopic (exact) mass is 361 g/mol. The van der Waals surface area contributed by atoms with Crippen molar-refractivity contribution in [2.75, 3.05) is 5.32 Å². The number of thiol groups is 1. The van der Waals surface area contributed by atoms with Crippen LogP contribution in [0.2, 0.25) is 0 Å². The predicted octanol–water partition coefficient (Wildman–Crippen LogP) is 4.41. The molecule has 20 heavy (non-hydrogen) atoms. The van der Waals surface area contributed by atoms with Gasteiger partial charge in [0, 0.05) is 21.5 Å². The summed E-state index contributed by atoms with van der Waals surface area (Å²) in [5, 5.41) is 2.17. The van der Waals surface area contributed by atoms with Gasteiger partial charge >= 0.3 is 0 Å². The van der Waals surface area contributed by atoms with Crippen LogP contribution >= 0.6 is 28.6 Å². The Hall–Kier alpha value is -1.47. The average molecular weight is 362 g/mol. The van der Waals surface area contributed by atoms with Crippen LogP contribution in [0.3, 0.4) is 0 Å². The number of nitrogens with one attached hydrogen (secondary N) is 1. The molecule has 0 aromatic heterocycles. The molecule has 0 unspecified atom stereocenters. The van der Waals surface area contributed by atoms with Crippen molar-refractivity contribution >= 4 is 40.2 Å². The van der Waals surface area contributed by atoms with Crippen LogP contribution in [0.5, 0.6) is 0 Å². The smallest absolute Gasteiger partial charge is 0.256 e.